The largest absolute Gasteiger partial charge is 0.573 e. The molecule has 3 N–H and O–H groups in total. The summed E-state index contributed by atoms with van der Waals surface area (Å²) >= 11 is 0. The van der Waals surface area contributed by atoms with Gasteiger partial charge in [-0.2, -0.15) is 4.98 Å². The van der Waals surface area contributed by atoms with Crippen LogP contribution in [0, 0.1) is 0 Å². The van der Waals surface area contributed by atoms with E-state index in [2.05, 4.69) is 32.3 Å². The highest BCUT2D eigenvalue weighted by molar-refractivity contribution is 6.04. The molecule has 1 aromatic heterocycles. The Morgan fingerprint density at radius 1 is 1.24 bits per heavy atom. The predicted molar refractivity (Wildman–Crippen MR) is 118 cm³/mol. The highest BCUT2D eigenvalue weighted by Gasteiger charge is 2.36. The fraction of sp³-hybridized carbons (Fsp3) is 0.455. The van der Waals surface area contributed by atoms with Gasteiger partial charge in [-0.05, 0) is 49.9 Å². The number of fused-ring (bicyclic) bond motifs is 1. The minimum Gasteiger partial charge on any atom is -0.406 e. The number of aromatic amines is 1. The number of piperidine rings is 1. The Balaban J connectivity index is 1.57. The van der Waals surface area contributed by atoms with Crippen molar-refractivity contribution in [3.05, 3.63) is 40.2 Å². The Morgan fingerprint density at radius 3 is 2.65 bits per heavy atom. The van der Waals surface area contributed by atoms with Crippen molar-refractivity contribution in [2.45, 2.75) is 57.3 Å². The molecule has 1 fully saturated rings. The molecule has 0 bridgehead atoms. The molecule has 0 radical (unpaired) electrons. The molecule has 34 heavy (non-hydrogen) atoms. The lowest BCUT2D eigenvalue weighted by Crippen LogP contribution is -2.43. The minimum absolute atomic E-state index is 0.0444. The number of H-pyrrole nitrogens is 1. The van der Waals surface area contributed by atoms with Gasteiger partial charge in [-0.25, -0.2) is 0 Å². The van der Waals surface area contributed by atoms with E-state index < -0.39 is 35.4 Å². The van der Waals surface area contributed by atoms with E-state index in [1.165, 1.54) is 12.1 Å². The van der Waals surface area contributed by atoms with Crippen molar-refractivity contribution in [1.82, 2.24) is 9.97 Å². The van der Waals surface area contributed by atoms with Crippen molar-refractivity contribution in [3.8, 4) is 5.75 Å². The number of ether oxygens (including phenoxy) is 1. The molecule has 182 valence electrons. The zero-order chi connectivity index (χ0) is 24.5. The molecule has 2 aliphatic heterocycles. The molecule has 12 heteroatoms. The molecule has 2 unspecified atom stereocenters. The lowest BCUT2D eigenvalue weighted by molar-refractivity contribution is -0.274. The smallest absolute Gasteiger partial charge is 0.406 e. The van der Waals surface area contributed by atoms with E-state index in [4.69, 9.17) is 0 Å². The maximum atomic E-state index is 13.0. The predicted octanol–water partition coefficient (Wildman–Crippen LogP) is 3.50. The highest BCUT2D eigenvalue weighted by atomic mass is 19.4. The zero-order valence-corrected chi connectivity index (χ0v) is 18.4. The zero-order valence-electron chi connectivity index (χ0n) is 18.4. The van der Waals surface area contributed by atoms with E-state index in [-0.39, 0.29) is 29.5 Å². The van der Waals surface area contributed by atoms with Crippen LogP contribution in [0.15, 0.2) is 29.1 Å². The maximum Gasteiger partial charge on any atom is 0.573 e. The summed E-state index contributed by atoms with van der Waals surface area (Å²) in [6.07, 6.45) is -1.19. The van der Waals surface area contributed by atoms with Crippen LogP contribution in [0.25, 0.3) is 0 Å². The molecule has 2 aromatic rings. The fourth-order valence-corrected chi connectivity index (χ4v) is 4.39. The van der Waals surface area contributed by atoms with Crippen LogP contribution in [-0.2, 0) is 9.59 Å². The molecule has 2 aliphatic rings. The standard InChI is InChI=1S/C22H24F3N5O4/c1-2-13-5-3-4-10-30(13)21-28-18-17(20(33)29-21)15(11-16(31)27-18)19(32)26-12-6-8-14(9-7-12)34-22(23,24)25/h6-9,13,15H,2-5,10-11H2,1H3,(H,26,32)(H2,27,28,29,31,33). The monoisotopic (exact) mass is 479 g/mol. The van der Waals surface area contributed by atoms with E-state index in [9.17, 15) is 27.6 Å². The molecule has 3 heterocycles. The maximum absolute atomic E-state index is 13.0. The van der Waals surface area contributed by atoms with Crippen molar-refractivity contribution in [3.63, 3.8) is 0 Å². The number of alkyl halides is 3. The third-order valence-electron chi connectivity index (χ3n) is 5.98. The van der Waals surface area contributed by atoms with Crippen molar-refractivity contribution in [1.29, 1.82) is 0 Å². The molecule has 0 aliphatic carbocycles. The van der Waals surface area contributed by atoms with Gasteiger partial charge in [-0.15, -0.1) is 13.2 Å². The summed E-state index contributed by atoms with van der Waals surface area (Å²) in [7, 11) is 0. The van der Waals surface area contributed by atoms with Gasteiger partial charge in [-0.1, -0.05) is 6.92 Å². The number of anilines is 3. The summed E-state index contributed by atoms with van der Waals surface area (Å²) in [5.74, 6) is -2.25. The lowest BCUT2D eigenvalue weighted by Gasteiger charge is -2.36. The number of carbonyl (C=O) groups is 2. The molecule has 1 saturated heterocycles. The summed E-state index contributed by atoms with van der Waals surface area (Å²) in [4.78, 5) is 47.5. The minimum atomic E-state index is -4.83. The summed E-state index contributed by atoms with van der Waals surface area (Å²) < 4.78 is 40.8. The number of hydrogen-bond acceptors (Lipinski definition) is 6. The fourth-order valence-electron chi connectivity index (χ4n) is 4.39. The first-order valence-corrected chi connectivity index (χ1v) is 11.0. The van der Waals surface area contributed by atoms with Gasteiger partial charge in [0.05, 0.1) is 11.5 Å². The summed E-state index contributed by atoms with van der Waals surface area (Å²) in [5, 5.41) is 5.13. The normalized spacial score (nSPS) is 20.4. The molecule has 0 spiro atoms. The third-order valence-corrected chi connectivity index (χ3v) is 5.98. The first kappa shape index (κ1) is 23.6. The molecular weight excluding hydrogens is 455 g/mol. The second kappa shape index (κ2) is 9.35. The van der Waals surface area contributed by atoms with Crippen LogP contribution in [0.2, 0.25) is 0 Å². The topological polar surface area (TPSA) is 116 Å². The molecular formula is C22H24F3N5O4. The number of nitrogens with zero attached hydrogens (tertiary/aromatic N) is 2. The van der Waals surface area contributed by atoms with Gasteiger partial charge in [-0.3, -0.25) is 19.4 Å². The molecule has 4 rings (SSSR count). The van der Waals surface area contributed by atoms with Crippen LogP contribution in [-0.4, -0.2) is 40.7 Å². The van der Waals surface area contributed by atoms with Crippen LogP contribution in [0.1, 0.15) is 50.5 Å². The summed E-state index contributed by atoms with van der Waals surface area (Å²) in [6.45, 7) is 2.79. The van der Waals surface area contributed by atoms with Gasteiger partial charge in [0.25, 0.3) is 5.56 Å². The third kappa shape index (κ3) is 5.15. The molecule has 2 atom stereocenters. The van der Waals surface area contributed by atoms with E-state index >= 15 is 0 Å². The second-order valence-corrected chi connectivity index (χ2v) is 8.27. The number of carbonyl (C=O) groups excluding carboxylic acids is 2. The number of benzene rings is 1. The van der Waals surface area contributed by atoms with Crippen LogP contribution in [0.3, 0.4) is 0 Å². The van der Waals surface area contributed by atoms with Gasteiger partial charge >= 0.3 is 6.36 Å². The number of halogens is 3. The van der Waals surface area contributed by atoms with Crippen molar-refractivity contribution in [2.75, 3.05) is 22.1 Å². The van der Waals surface area contributed by atoms with Crippen molar-refractivity contribution in [2.24, 2.45) is 0 Å². The van der Waals surface area contributed by atoms with Gasteiger partial charge in [0.2, 0.25) is 17.8 Å². The van der Waals surface area contributed by atoms with Gasteiger partial charge in [0.1, 0.15) is 11.6 Å². The highest BCUT2D eigenvalue weighted by Crippen LogP contribution is 2.32. The number of amides is 2. The first-order valence-electron chi connectivity index (χ1n) is 11.0. The Kier molecular flexibility index (Phi) is 6.49. The van der Waals surface area contributed by atoms with Gasteiger partial charge < -0.3 is 20.3 Å². The van der Waals surface area contributed by atoms with Crippen LogP contribution < -0.4 is 25.8 Å². The number of nitrogens with one attached hydrogen (secondary N) is 3. The van der Waals surface area contributed by atoms with E-state index in [1.807, 2.05) is 4.90 Å². The Bertz CT molecular complexity index is 1130. The van der Waals surface area contributed by atoms with Crippen molar-refractivity contribution >= 4 is 29.3 Å². The van der Waals surface area contributed by atoms with Crippen LogP contribution in [0.4, 0.5) is 30.6 Å². The lowest BCUT2D eigenvalue weighted by atomic mass is 9.92. The Labute approximate surface area is 192 Å². The van der Waals surface area contributed by atoms with E-state index in [1.54, 1.807) is 0 Å². The quantitative estimate of drug-likeness (QED) is 0.605. The molecule has 1 aromatic carbocycles. The first-order chi connectivity index (χ1) is 16.1. The number of aromatic nitrogens is 2. The van der Waals surface area contributed by atoms with Crippen molar-refractivity contribution < 1.29 is 27.5 Å². The average molecular weight is 479 g/mol. The summed E-state index contributed by atoms with van der Waals surface area (Å²) in [6, 6.07) is 4.78. The van der Waals surface area contributed by atoms with E-state index in [0.29, 0.717) is 5.95 Å². The van der Waals surface area contributed by atoms with E-state index in [0.717, 1.165) is 44.4 Å². The molecule has 2 amide bonds. The number of rotatable bonds is 5. The van der Waals surface area contributed by atoms with Gasteiger partial charge in [0.15, 0.2) is 0 Å². The molecule has 9 nitrogen and oxygen atoms in total. The Morgan fingerprint density at radius 2 is 1.97 bits per heavy atom. The van der Waals surface area contributed by atoms with Crippen LogP contribution >= 0.6 is 0 Å². The summed E-state index contributed by atoms with van der Waals surface area (Å²) in [5.41, 5.74) is -0.287. The molecule has 0 saturated carbocycles. The number of hydrogen-bond donors (Lipinski definition) is 3. The second-order valence-electron chi connectivity index (χ2n) is 8.27. The van der Waals surface area contributed by atoms with Crippen LogP contribution in [0.5, 0.6) is 5.75 Å². The average Bonchev–Trinajstić information content (AvgIpc) is 2.78. The Hall–Kier alpha value is -3.57. The SMILES string of the molecule is CCC1CCCCN1c1nc2c(c(=O)[nH]1)C(C(=O)Nc1ccc(OC(F)(F)F)cc1)CC(=O)N2. The van der Waals surface area contributed by atoms with Gasteiger partial charge in [0, 0.05) is 24.7 Å².